The Kier molecular flexibility index (Phi) is 6.55. The summed E-state index contributed by atoms with van der Waals surface area (Å²) in [7, 11) is 0.191. The quantitative estimate of drug-likeness (QED) is 0.539. The highest BCUT2D eigenvalue weighted by atomic mass is 32.2. The maximum atomic E-state index is 12.4. The Labute approximate surface area is 184 Å². The molecule has 1 aliphatic carbocycles. The average Bonchev–Trinajstić information content (AvgIpc) is 3.34. The highest BCUT2D eigenvalue weighted by Gasteiger charge is 2.32. The molecular weight excluding hydrogens is 408 g/mol. The Morgan fingerprint density at radius 3 is 2.65 bits per heavy atom. The number of nitrogens with one attached hydrogen (secondary N) is 2. The maximum absolute atomic E-state index is 12.4. The number of aryl methyl sites for hydroxylation is 1. The first-order valence-corrected chi connectivity index (χ1v) is 12.2. The van der Waals surface area contributed by atoms with E-state index < -0.39 is 10.0 Å². The summed E-state index contributed by atoms with van der Waals surface area (Å²) < 4.78 is 29.0. The van der Waals surface area contributed by atoms with Gasteiger partial charge in [0.15, 0.2) is 0 Å². The van der Waals surface area contributed by atoms with E-state index in [0.29, 0.717) is 24.8 Å². The standard InChI is InChI=1S/C24H30N4O2S/c1-25-15-21-14-20-9-8-19(10-11-27-31(29,30)22-16-26-28(2)17-22)13-23(20)24(21)12-18-6-4-3-5-7-18/h3-9,13,16-17,21,24-25,27H,10-12,14-15H2,1-2H3. The van der Waals surface area contributed by atoms with Crippen molar-refractivity contribution in [2.45, 2.75) is 30.1 Å². The molecule has 0 radical (unpaired) electrons. The van der Waals surface area contributed by atoms with Crippen LogP contribution in [0.3, 0.4) is 0 Å². The van der Waals surface area contributed by atoms with Crippen LogP contribution in [0, 0.1) is 5.92 Å². The van der Waals surface area contributed by atoms with Crippen molar-refractivity contribution in [3.63, 3.8) is 0 Å². The summed E-state index contributed by atoms with van der Waals surface area (Å²) in [5.41, 5.74) is 5.35. The van der Waals surface area contributed by atoms with Crippen LogP contribution >= 0.6 is 0 Å². The van der Waals surface area contributed by atoms with Crippen molar-refractivity contribution in [2.24, 2.45) is 13.0 Å². The first-order valence-electron chi connectivity index (χ1n) is 10.7. The van der Waals surface area contributed by atoms with Crippen LogP contribution in [0.15, 0.2) is 65.8 Å². The monoisotopic (exact) mass is 438 g/mol. The van der Waals surface area contributed by atoms with E-state index in [4.69, 9.17) is 0 Å². The van der Waals surface area contributed by atoms with E-state index in [1.165, 1.54) is 33.8 Å². The molecule has 1 heterocycles. The molecule has 0 aliphatic heterocycles. The van der Waals surface area contributed by atoms with Gasteiger partial charge in [0.2, 0.25) is 10.0 Å². The van der Waals surface area contributed by atoms with E-state index in [1.807, 2.05) is 7.05 Å². The lowest BCUT2D eigenvalue weighted by atomic mass is 9.86. The highest BCUT2D eigenvalue weighted by molar-refractivity contribution is 7.89. The van der Waals surface area contributed by atoms with E-state index in [0.717, 1.165) is 24.9 Å². The topological polar surface area (TPSA) is 76.0 Å². The normalized spacial score (nSPS) is 18.3. The summed E-state index contributed by atoms with van der Waals surface area (Å²) in [6, 6.07) is 17.3. The summed E-state index contributed by atoms with van der Waals surface area (Å²) in [6.45, 7) is 1.35. The number of sulfonamides is 1. The van der Waals surface area contributed by atoms with Crippen LogP contribution in [0.1, 0.15) is 28.2 Å². The van der Waals surface area contributed by atoms with Gasteiger partial charge in [-0.05, 0) is 66.9 Å². The summed E-state index contributed by atoms with van der Waals surface area (Å²) in [5.74, 6) is 1.04. The summed E-state index contributed by atoms with van der Waals surface area (Å²) in [4.78, 5) is 0.196. The summed E-state index contributed by atoms with van der Waals surface area (Å²) in [6.07, 6.45) is 5.64. The van der Waals surface area contributed by atoms with Gasteiger partial charge in [0.1, 0.15) is 4.90 Å². The molecule has 2 unspecified atom stereocenters. The average molecular weight is 439 g/mol. The Hall–Kier alpha value is -2.48. The zero-order valence-corrected chi connectivity index (χ0v) is 18.9. The van der Waals surface area contributed by atoms with Crippen LogP contribution in [0.5, 0.6) is 0 Å². The molecule has 4 rings (SSSR count). The Bertz CT molecular complexity index is 1130. The molecular formula is C24H30N4O2S. The Morgan fingerprint density at radius 2 is 1.94 bits per heavy atom. The summed E-state index contributed by atoms with van der Waals surface area (Å²) >= 11 is 0. The SMILES string of the molecule is CNCC1Cc2ccc(CCNS(=O)(=O)c3cnn(C)c3)cc2C1Cc1ccccc1. The van der Waals surface area contributed by atoms with Crippen LogP contribution < -0.4 is 10.0 Å². The lowest BCUT2D eigenvalue weighted by Crippen LogP contribution is -2.25. The van der Waals surface area contributed by atoms with Gasteiger partial charge in [0.05, 0.1) is 6.20 Å². The van der Waals surface area contributed by atoms with E-state index in [1.54, 1.807) is 7.05 Å². The molecule has 0 spiro atoms. The van der Waals surface area contributed by atoms with Gasteiger partial charge in [0.25, 0.3) is 0 Å². The summed E-state index contributed by atoms with van der Waals surface area (Å²) in [5, 5.41) is 7.31. The largest absolute Gasteiger partial charge is 0.319 e. The lowest BCUT2D eigenvalue weighted by Gasteiger charge is -2.21. The van der Waals surface area contributed by atoms with Crippen molar-refractivity contribution >= 4 is 10.0 Å². The second-order valence-electron chi connectivity index (χ2n) is 8.35. The molecule has 2 N–H and O–H groups in total. The third-order valence-electron chi connectivity index (χ3n) is 6.12. The minimum absolute atomic E-state index is 0.196. The van der Waals surface area contributed by atoms with Crippen molar-refractivity contribution in [1.29, 1.82) is 0 Å². The van der Waals surface area contributed by atoms with E-state index in [9.17, 15) is 8.42 Å². The van der Waals surface area contributed by atoms with Gasteiger partial charge in [-0.15, -0.1) is 0 Å². The number of aromatic nitrogens is 2. The van der Waals surface area contributed by atoms with Gasteiger partial charge in [-0.25, -0.2) is 13.1 Å². The molecule has 7 heteroatoms. The molecule has 0 fully saturated rings. The number of hydrogen-bond donors (Lipinski definition) is 2. The third-order valence-corrected chi connectivity index (χ3v) is 7.54. The number of fused-ring (bicyclic) bond motifs is 1. The number of rotatable bonds is 9. The lowest BCUT2D eigenvalue weighted by molar-refractivity contribution is 0.436. The number of benzene rings is 2. The first kappa shape index (κ1) is 21.7. The van der Waals surface area contributed by atoms with Gasteiger partial charge in [0, 0.05) is 19.8 Å². The molecule has 0 saturated heterocycles. The Morgan fingerprint density at radius 1 is 1.13 bits per heavy atom. The molecule has 0 bridgehead atoms. The maximum Gasteiger partial charge on any atom is 0.243 e. The van der Waals surface area contributed by atoms with Gasteiger partial charge < -0.3 is 5.32 Å². The molecule has 2 aromatic carbocycles. The van der Waals surface area contributed by atoms with Crippen LogP contribution in [0.4, 0.5) is 0 Å². The van der Waals surface area contributed by atoms with E-state index >= 15 is 0 Å². The smallest absolute Gasteiger partial charge is 0.243 e. The minimum atomic E-state index is -3.53. The molecule has 2 atom stereocenters. The van der Waals surface area contributed by atoms with Crippen molar-refractivity contribution < 1.29 is 8.42 Å². The molecule has 6 nitrogen and oxygen atoms in total. The van der Waals surface area contributed by atoms with Crippen molar-refractivity contribution in [3.05, 3.63) is 83.2 Å². The zero-order valence-electron chi connectivity index (χ0n) is 18.1. The molecule has 3 aromatic rings. The van der Waals surface area contributed by atoms with Crippen LogP contribution in [0.2, 0.25) is 0 Å². The van der Waals surface area contributed by atoms with Gasteiger partial charge in [-0.2, -0.15) is 5.10 Å². The van der Waals surface area contributed by atoms with E-state index in [-0.39, 0.29) is 4.90 Å². The number of hydrogen-bond acceptors (Lipinski definition) is 4. The molecule has 31 heavy (non-hydrogen) atoms. The minimum Gasteiger partial charge on any atom is -0.319 e. The zero-order chi connectivity index (χ0) is 21.8. The van der Waals surface area contributed by atoms with Crippen molar-refractivity contribution in [3.8, 4) is 0 Å². The third kappa shape index (κ3) is 5.06. The Balaban J connectivity index is 1.47. The molecule has 164 valence electrons. The predicted octanol–water partition coefficient (Wildman–Crippen LogP) is 2.66. The van der Waals surface area contributed by atoms with Crippen LogP contribution in [-0.4, -0.2) is 38.3 Å². The predicted molar refractivity (Wildman–Crippen MR) is 123 cm³/mol. The van der Waals surface area contributed by atoms with Crippen molar-refractivity contribution in [2.75, 3.05) is 20.1 Å². The second kappa shape index (κ2) is 9.34. The number of nitrogens with zero attached hydrogens (tertiary/aromatic N) is 2. The van der Waals surface area contributed by atoms with Crippen LogP contribution in [-0.2, 0) is 36.3 Å². The van der Waals surface area contributed by atoms with Crippen LogP contribution in [0.25, 0.3) is 0 Å². The molecule has 0 saturated carbocycles. The molecule has 1 aromatic heterocycles. The highest BCUT2D eigenvalue weighted by Crippen LogP contribution is 2.40. The van der Waals surface area contributed by atoms with E-state index in [2.05, 4.69) is 63.7 Å². The fraction of sp³-hybridized carbons (Fsp3) is 0.375. The fourth-order valence-electron chi connectivity index (χ4n) is 4.58. The first-order chi connectivity index (χ1) is 15.0. The second-order valence-corrected chi connectivity index (χ2v) is 10.1. The van der Waals surface area contributed by atoms with Gasteiger partial charge in [-0.3, -0.25) is 4.68 Å². The molecule has 1 aliphatic rings. The molecule has 0 amide bonds. The fourth-order valence-corrected chi connectivity index (χ4v) is 5.60. The van der Waals surface area contributed by atoms with Gasteiger partial charge >= 0.3 is 0 Å². The van der Waals surface area contributed by atoms with Gasteiger partial charge in [-0.1, -0.05) is 48.5 Å². The van der Waals surface area contributed by atoms with Crippen molar-refractivity contribution in [1.82, 2.24) is 19.8 Å².